The molecule has 1 atom stereocenters. The van der Waals surface area contributed by atoms with Crippen molar-refractivity contribution in [3.05, 3.63) is 28.8 Å². The average Bonchev–Trinajstić information content (AvgIpc) is 3.27. The number of carboxylic acids is 1. The molecule has 1 aromatic rings. The zero-order chi connectivity index (χ0) is 18.5. The van der Waals surface area contributed by atoms with E-state index in [-0.39, 0.29) is 16.7 Å². The molecule has 0 saturated heterocycles. The average molecular weight is 333 g/mol. The van der Waals surface area contributed by atoms with Crippen LogP contribution in [0.15, 0.2) is 12.1 Å². The van der Waals surface area contributed by atoms with E-state index in [1.807, 2.05) is 6.07 Å². The van der Waals surface area contributed by atoms with E-state index in [0.717, 1.165) is 24.0 Å². The molecule has 0 spiro atoms. The Kier molecular flexibility index (Phi) is 4.51. The Hall–Kier alpha value is -1.55. The van der Waals surface area contributed by atoms with Crippen molar-refractivity contribution in [3.63, 3.8) is 0 Å². The van der Waals surface area contributed by atoms with E-state index < -0.39 is 11.5 Å². The predicted octanol–water partition coefficient (Wildman–Crippen LogP) is 3.94. The zero-order valence-electron chi connectivity index (χ0n) is 16.0. The third-order valence-electron chi connectivity index (χ3n) is 4.99. The van der Waals surface area contributed by atoms with Gasteiger partial charge in [-0.15, -0.1) is 0 Å². The first-order chi connectivity index (χ1) is 10.8. The molecule has 0 amide bonds. The van der Waals surface area contributed by atoms with Crippen LogP contribution in [0.25, 0.3) is 0 Å². The lowest BCUT2D eigenvalue weighted by atomic mass is 9.74. The highest BCUT2D eigenvalue weighted by Crippen LogP contribution is 2.50. The molecule has 1 aromatic carbocycles. The van der Waals surface area contributed by atoms with Gasteiger partial charge in [-0.25, -0.2) is 4.79 Å². The van der Waals surface area contributed by atoms with E-state index in [1.54, 1.807) is 7.11 Å². The van der Waals surface area contributed by atoms with E-state index in [9.17, 15) is 9.90 Å². The van der Waals surface area contributed by atoms with Crippen molar-refractivity contribution in [2.45, 2.75) is 70.8 Å². The van der Waals surface area contributed by atoms with Gasteiger partial charge < -0.3 is 15.6 Å². The Morgan fingerprint density at radius 1 is 1.08 bits per heavy atom. The first kappa shape index (κ1) is 18.8. The van der Waals surface area contributed by atoms with Crippen LogP contribution in [0.1, 0.15) is 71.1 Å². The lowest BCUT2D eigenvalue weighted by Crippen LogP contribution is -2.47. The molecule has 0 bridgehead atoms. The highest BCUT2D eigenvalue weighted by molar-refractivity contribution is 5.83. The Morgan fingerprint density at radius 3 is 1.92 bits per heavy atom. The number of rotatable bonds is 4. The monoisotopic (exact) mass is 333 g/mol. The molecule has 0 aromatic heterocycles. The SMILES string of the molecule is COc1c(C(C)(C)C)cc(C(C)(C)C)cc1C(N)(C(=O)O)C1CC1. The predicted molar refractivity (Wildman–Crippen MR) is 96.6 cm³/mol. The largest absolute Gasteiger partial charge is 0.496 e. The molecule has 3 N–H and O–H groups in total. The fraction of sp³-hybridized carbons (Fsp3) is 0.650. The van der Waals surface area contributed by atoms with E-state index in [0.29, 0.717) is 11.3 Å². The molecule has 0 heterocycles. The minimum atomic E-state index is -1.40. The van der Waals surface area contributed by atoms with Crippen LogP contribution in [-0.2, 0) is 21.2 Å². The van der Waals surface area contributed by atoms with Gasteiger partial charge in [0.2, 0.25) is 0 Å². The molecular formula is C20H31NO3. The van der Waals surface area contributed by atoms with Crippen LogP contribution in [0, 0.1) is 5.92 Å². The molecule has 1 saturated carbocycles. The van der Waals surface area contributed by atoms with Crippen LogP contribution in [-0.4, -0.2) is 18.2 Å². The van der Waals surface area contributed by atoms with Crippen LogP contribution in [0.5, 0.6) is 5.75 Å². The molecule has 1 aliphatic rings. The van der Waals surface area contributed by atoms with Crippen molar-refractivity contribution in [1.29, 1.82) is 0 Å². The molecule has 0 aliphatic heterocycles. The van der Waals surface area contributed by atoms with Gasteiger partial charge in [-0.3, -0.25) is 0 Å². The number of carbonyl (C=O) groups is 1. The second kappa shape index (κ2) is 5.76. The molecule has 2 rings (SSSR count). The summed E-state index contributed by atoms with van der Waals surface area (Å²) in [6.45, 7) is 12.7. The summed E-state index contributed by atoms with van der Waals surface area (Å²) in [4.78, 5) is 12.1. The van der Waals surface area contributed by atoms with Gasteiger partial charge in [0.25, 0.3) is 0 Å². The molecule has 134 valence electrons. The molecule has 1 unspecified atom stereocenters. The minimum absolute atomic E-state index is 0.0352. The summed E-state index contributed by atoms with van der Waals surface area (Å²) in [6.07, 6.45) is 1.69. The Morgan fingerprint density at radius 2 is 1.58 bits per heavy atom. The maximum atomic E-state index is 12.1. The summed E-state index contributed by atoms with van der Waals surface area (Å²) in [7, 11) is 1.60. The Labute approximate surface area is 145 Å². The summed E-state index contributed by atoms with van der Waals surface area (Å²) >= 11 is 0. The number of carboxylic acid groups (broad SMARTS) is 1. The van der Waals surface area contributed by atoms with Crippen LogP contribution >= 0.6 is 0 Å². The van der Waals surface area contributed by atoms with Crippen LogP contribution in [0.3, 0.4) is 0 Å². The number of hydrogen-bond acceptors (Lipinski definition) is 3. The van der Waals surface area contributed by atoms with Gasteiger partial charge in [0, 0.05) is 11.1 Å². The van der Waals surface area contributed by atoms with E-state index in [1.165, 1.54) is 0 Å². The topological polar surface area (TPSA) is 72.5 Å². The lowest BCUT2D eigenvalue weighted by Gasteiger charge is -2.34. The molecule has 1 fully saturated rings. The van der Waals surface area contributed by atoms with Crippen LogP contribution in [0.4, 0.5) is 0 Å². The molecular weight excluding hydrogens is 302 g/mol. The zero-order valence-corrected chi connectivity index (χ0v) is 16.0. The first-order valence-corrected chi connectivity index (χ1v) is 8.59. The van der Waals surface area contributed by atoms with Crippen molar-refractivity contribution < 1.29 is 14.6 Å². The fourth-order valence-electron chi connectivity index (χ4n) is 3.19. The van der Waals surface area contributed by atoms with Gasteiger partial charge in [0.1, 0.15) is 11.3 Å². The smallest absolute Gasteiger partial charge is 0.328 e. The number of ether oxygens (including phenoxy) is 1. The third-order valence-corrected chi connectivity index (χ3v) is 4.99. The number of benzene rings is 1. The van der Waals surface area contributed by atoms with Crippen LogP contribution < -0.4 is 10.5 Å². The van der Waals surface area contributed by atoms with E-state index in [4.69, 9.17) is 10.5 Å². The van der Waals surface area contributed by atoms with Crippen molar-refractivity contribution in [3.8, 4) is 5.75 Å². The lowest BCUT2D eigenvalue weighted by molar-refractivity contribution is -0.144. The summed E-state index contributed by atoms with van der Waals surface area (Å²) in [5, 5.41) is 9.92. The van der Waals surface area contributed by atoms with Gasteiger partial charge in [-0.1, -0.05) is 47.6 Å². The second-order valence-corrected chi connectivity index (χ2v) is 9.05. The summed E-state index contributed by atoms with van der Waals surface area (Å²) < 4.78 is 5.70. The molecule has 0 radical (unpaired) electrons. The fourth-order valence-corrected chi connectivity index (χ4v) is 3.19. The maximum Gasteiger partial charge on any atom is 0.328 e. The van der Waals surface area contributed by atoms with Gasteiger partial charge in [0.15, 0.2) is 0 Å². The molecule has 4 nitrogen and oxygen atoms in total. The Balaban J connectivity index is 2.85. The minimum Gasteiger partial charge on any atom is -0.496 e. The highest BCUT2D eigenvalue weighted by Gasteiger charge is 2.52. The summed E-state index contributed by atoms with van der Waals surface area (Å²) in [5.41, 5.74) is 7.50. The maximum absolute atomic E-state index is 12.1. The van der Waals surface area contributed by atoms with Crippen LogP contribution in [0.2, 0.25) is 0 Å². The van der Waals surface area contributed by atoms with Crippen molar-refractivity contribution in [2.24, 2.45) is 11.7 Å². The standard InChI is InChI=1S/C20H31NO3/c1-18(2,3)13-10-14(19(4,5)6)16(24-7)15(11-13)20(21,17(22)23)12-8-9-12/h10-12H,8-9,21H2,1-7H3,(H,22,23). The van der Waals surface area contributed by atoms with Gasteiger partial charge in [-0.2, -0.15) is 0 Å². The molecule has 4 heteroatoms. The van der Waals surface area contributed by atoms with Crippen molar-refractivity contribution >= 4 is 5.97 Å². The third kappa shape index (κ3) is 3.16. The second-order valence-electron chi connectivity index (χ2n) is 9.05. The normalized spacial score (nSPS) is 18.2. The quantitative estimate of drug-likeness (QED) is 0.875. The number of hydrogen-bond donors (Lipinski definition) is 2. The summed E-state index contributed by atoms with van der Waals surface area (Å²) in [6, 6.07) is 4.08. The highest BCUT2D eigenvalue weighted by atomic mass is 16.5. The van der Waals surface area contributed by atoms with Gasteiger partial charge in [0.05, 0.1) is 7.11 Å². The first-order valence-electron chi connectivity index (χ1n) is 8.59. The van der Waals surface area contributed by atoms with E-state index >= 15 is 0 Å². The van der Waals surface area contributed by atoms with Crippen molar-refractivity contribution in [1.82, 2.24) is 0 Å². The molecule has 1 aliphatic carbocycles. The van der Waals surface area contributed by atoms with Crippen molar-refractivity contribution in [2.75, 3.05) is 7.11 Å². The number of methoxy groups -OCH3 is 1. The Bertz CT molecular complexity index is 648. The van der Waals surface area contributed by atoms with Gasteiger partial charge in [-0.05, 0) is 41.2 Å². The summed E-state index contributed by atoms with van der Waals surface area (Å²) in [5.74, 6) is -0.395. The van der Waals surface area contributed by atoms with Gasteiger partial charge >= 0.3 is 5.97 Å². The molecule has 24 heavy (non-hydrogen) atoms. The number of aliphatic carboxylic acids is 1. The number of nitrogens with two attached hydrogens (primary N) is 1. The van der Waals surface area contributed by atoms with E-state index in [2.05, 4.69) is 47.6 Å².